The fourth-order valence-electron chi connectivity index (χ4n) is 2.52. The Hall–Kier alpha value is -1.88. The lowest BCUT2D eigenvalue weighted by atomic mass is 10.0. The maximum Gasteiger partial charge on any atom is 0.165 e. The number of nitrogens with two attached hydrogens (primary N) is 1. The summed E-state index contributed by atoms with van der Waals surface area (Å²) in [6.07, 6.45) is 2.46. The Kier molecular flexibility index (Phi) is 4.96. The molecule has 21 heavy (non-hydrogen) atoms. The lowest BCUT2D eigenvalue weighted by Crippen LogP contribution is -2.11. The molecule has 0 aliphatic rings. The van der Waals surface area contributed by atoms with Crippen LogP contribution in [0.2, 0.25) is 0 Å². The van der Waals surface area contributed by atoms with Gasteiger partial charge in [0.2, 0.25) is 0 Å². The molecule has 2 aromatic rings. The molecule has 1 aromatic carbocycles. The zero-order chi connectivity index (χ0) is 15.4. The Morgan fingerprint density at radius 3 is 2.48 bits per heavy atom. The van der Waals surface area contributed by atoms with Crippen LogP contribution in [0, 0.1) is 13.8 Å². The SMILES string of the molecule is Cc1cc(CCN)cc(C)c1OCc1ncnn1C(C)C. The van der Waals surface area contributed by atoms with Crippen molar-refractivity contribution in [3.05, 3.63) is 41.0 Å². The van der Waals surface area contributed by atoms with Gasteiger partial charge in [-0.25, -0.2) is 9.67 Å². The fraction of sp³-hybridized carbons (Fsp3) is 0.500. The number of nitrogens with zero attached hydrogens (tertiary/aromatic N) is 3. The van der Waals surface area contributed by atoms with Crippen LogP contribution in [0.25, 0.3) is 0 Å². The maximum atomic E-state index is 5.98. The third-order valence-electron chi connectivity index (χ3n) is 3.44. The van der Waals surface area contributed by atoms with Gasteiger partial charge in [0.05, 0.1) is 0 Å². The van der Waals surface area contributed by atoms with Crippen LogP contribution in [-0.2, 0) is 13.0 Å². The quantitative estimate of drug-likeness (QED) is 0.887. The van der Waals surface area contributed by atoms with Gasteiger partial charge in [0.15, 0.2) is 5.82 Å². The Balaban J connectivity index is 2.15. The van der Waals surface area contributed by atoms with Crippen LogP contribution in [0.3, 0.4) is 0 Å². The van der Waals surface area contributed by atoms with Crippen molar-refractivity contribution in [2.75, 3.05) is 6.54 Å². The summed E-state index contributed by atoms with van der Waals surface area (Å²) in [6, 6.07) is 4.56. The van der Waals surface area contributed by atoms with Crippen molar-refractivity contribution in [2.45, 2.75) is 46.8 Å². The van der Waals surface area contributed by atoms with E-state index in [-0.39, 0.29) is 6.04 Å². The van der Waals surface area contributed by atoms with Crippen LogP contribution in [0.5, 0.6) is 5.75 Å². The standard InChI is InChI=1S/C16H24N4O/c1-11(2)20-15(18-10-19-20)9-21-16-12(3)7-14(5-6-17)8-13(16)4/h7-8,10-11H,5-6,9,17H2,1-4H3. The molecule has 0 aliphatic carbocycles. The summed E-state index contributed by atoms with van der Waals surface area (Å²) in [6.45, 7) is 9.38. The van der Waals surface area contributed by atoms with E-state index in [0.29, 0.717) is 13.2 Å². The van der Waals surface area contributed by atoms with Gasteiger partial charge in [-0.3, -0.25) is 0 Å². The van der Waals surface area contributed by atoms with E-state index in [9.17, 15) is 0 Å². The summed E-state index contributed by atoms with van der Waals surface area (Å²) in [5, 5.41) is 4.22. The fourth-order valence-corrected chi connectivity index (χ4v) is 2.52. The maximum absolute atomic E-state index is 5.98. The molecular weight excluding hydrogens is 264 g/mol. The van der Waals surface area contributed by atoms with Gasteiger partial charge >= 0.3 is 0 Å². The topological polar surface area (TPSA) is 66.0 Å². The third-order valence-corrected chi connectivity index (χ3v) is 3.44. The van der Waals surface area contributed by atoms with E-state index in [2.05, 4.69) is 49.9 Å². The van der Waals surface area contributed by atoms with Gasteiger partial charge in [0, 0.05) is 6.04 Å². The van der Waals surface area contributed by atoms with Crippen molar-refractivity contribution >= 4 is 0 Å². The summed E-state index contributed by atoms with van der Waals surface area (Å²) in [4.78, 5) is 4.27. The number of rotatable bonds is 6. The average molecular weight is 288 g/mol. The molecule has 0 amide bonds. The van der Waals surface area contributed by atoms with Crippen molar-refractivity contribution in [2.24, 2.45) is 5.73 Å². The Morgan fingerprint density at radius 1 is 1.24 bits per heavy atom. The molecule has 0 unspecified atom stereocenters. The molecule has 0 spiro atoms. The minimum absolute atomic E-state index is 0.278. The van der Waals surface area contributed by atoms with Gasteiger partial charge in [0.1, 0.15) is 18.7 Å². The molecule has 0 saturated heterocycles. The molecule has 0 atom stereocenters. The lowest BCUT2D eigenvalue weighted by Gasteiger charge is -2.15. The first-order valence-electron chi connectivity index (χ1n) is 7.34. The Bertz CT molecular complexity index is 581. The highest BCUT2D eigenvalue weighted by Crippen LogP contribution is 2.26. The van der Waals surface area contributed by atoms with Crippen molar-refractivity contribution in [3.8, 4) is 5.75 Å². The Labute approximate surface area is 126 Å². The van der Waals surface area contributed by atoms with Crippen molar-refractivity contribution in [1.29, 1.82) is 0 Å². The highest BCUT2D eigenvalue weighted by atomic mass is 16.5. The van der Waals surface area contributed by atoms with Crippen LogP contribution in [0.4, 0.5) is 0 Å². The number of hydrogen-bond donors (Lipinski definition) is 1. The molecule has 1 heterocycles. The average Bonchev–Trinajstić information content (AvgIpc) is 2.86. The first-order valence-corrected chi connectivity index (χ1v) is 7.34. The summed E-state index contributed by atoms with van der Waals surface area (Å²) < 4.78 is 7.86. The van der Waals surface area contributed by atoms with Crippen LogP contribution in [0.15, 0.2) is 18.5 Å². The molecule has 2 rings (SSSR count). The summed E-state index contributed by atoms with van der Waals surface area (Å²) in [5.41, 5.74) is 9.14. The van der Waals surface area contributed by atoms with Crippen LogP contribution in [-0.4, -0.2) is 21.3 Å². The number of hydrogen-bond acceptors (Lipinski definition) is 4. The van der Waals surface area contributed by atoms with Gasteiger partial charge in [0.25, 0.3) is 0 Å². The zero-order valence-corrected chi connectivity index (χ0v) is 13.3. The molecular formula is C16H24N4O. The second kappa shape index (κ2) is 6.72. The van der Waals surface area contributed by atoms with Gasteiger partial charge in [-0.2, -0.15) is 5.10 Å². The van der Waals surface area contributed by atoms with Crippen LogP contribution < -0.4 is 10.5 Å². The molecule has 0 fully saturated rings. The number of benzene rings is 1. The first kappa shape index (κ1) is 15.5. The minimum Gasteiger partial charge on any atom is -0.485 e. The molecule has 1 aromatic heterocycles. The minimum atomic E-state index is 0.278. The van der Waals surface area contributed by atoms with Gasteiger partial charge in [-0.15, -0.1) is 0 Å². The second-order valence-corrected chi connectivity index (χ2v) is 5.60. The van der Waals surface area contributed by atoms with E-state index in [1.54, 1.807) is 6.33 Å². The van der Waals surface area contributed by atoms with Gasteiger partial charge in [-0.05, 0) is 57.4 Å². The second-order valence-electron chi connectivity index (χ2n) is 5.60. The molecule has 114 valence electrons. The summed E-state index contributed by atoms with van der Waals surface area (Å²) in [5.74, 6) is 1.77. The van der Waals surface area contributed by atoms with E-state index in [4.69, 9.17) is 10.5 Å². The van der Waals surface area contributed by atoms with E-state index >= 15 is 0 Å². The molecule has 0 aliphatic heterocycles. The van der Waals surface area contributed by atoms with Crippen molar-refractivity contribution < 1.29 is 4.74 Å². The van der Waals surface area contributed by atoms with Crippen molar-refractivity contribution in [1.82, 2.24) is 14.8 Å². The van der Waals surface area contributed by atoms with E-state index in [1.165, 1.54) is 5.56 Å². The first-order chi connectivity index (χ1) is 10.0. The van der Waals surface area contributed by atoms with E-state index < -0.39 is 0 Å². The normalized spacial score (nSPS) is 11.1. The highest BCUT2D eigenvalue weighted by molar-refractivity contribution is 5.43. The zero-order valence-electron chi connectivity index (χ0n) is 13.3. The molecule has 0 radical (unpaired) electrons. The smallest absolute Gasteiger partial charge is 0.165 e. The molecule has 0 bridgehead atoms. The number of ether oxygens (including phenoxy) is 1. The van der Waals surface area contributed by atoms with E-state index in [1.807, 2.05) is 4.68 Å². The summed E-state index contributed by atoms with van der Waals surface area (Å²) in [7, 11) is 0. The highest BCUT2D eigenvalue weighted by Gasteiger charge is 2.11. The summed E-state index contributed by atoms with van der Waals surface area (Å²) >= 11 is 0. The Morgan fingerprint density at radius 2 is 1.90 bits per heavy atom. The molecule has 2 N–H and O–H groups in total. The predicted molar refractivity (Wildman–Crippen MR) is 83.4 cm³/mol. The largest absolute Gasteiger partial charge is 0.485 e. The number of aromatic nitrogens is 3. The van der Waals surface area contributed by atoms with Gasteiger partial charge in [-0.1, -0.05) is 12.1 Å². The van der Waals surface area contributed by atoms with Crippen LogP contribution in [0.1, 0.15) is 42.4 Å². The van der Waals surface area contributed by atoms with Crippen molar-refractivity contribution in [3.63, 3.8) is 0 Å². The van der Waals surface area contributed by atoms with Crippen LogP contribution >= 0.6 is 0 Å². The van der Waals surface area contributed by atoms with Gasteiger partial charge < -0.3 is 10.5 Å². The predicted octanol–water partition coefficient (Wildman–Crippen LogP) is 2.56. The number of aryl methyl sites for hydroxylation is 2. The molecule has 0 saturated carbocycles. The molecule has 5 nitrogen and oxygen atoms in total. The molecule has 5 heteroatoms. The third kappa shape index (κ3) is 3.61. The lowest BCUT2D eigenvalue weighted by molar-refractivity contribution is 0.279. The monoisotopic (exact) mass is 288 g/mol. The van der Waals surface area contributed by atoms with E-state index in [0.717, 1.165) is 29.1 Å².